The minimum absolute atomic E-state index is 0.167. The number of anilines is 2. The highest BCUT2D eigenvalue weighted by Gasteiger charge is 2.12. The van der Waals surface area contributed by atoms with Crippen LogP contribution in [-0.4, -0.2) is 41.4 Å². The Balaban J connectivity index is 1.70. The normalized spacial score (nSPS) is 11.4. The summed E-state index contributed by atoms with van der Waals surface area (Å²) >= 11 is 1.77. The van der Waals surface area contributed by atoms with Crippen LogP contribution in [0, 0.1) is 0 Å². The SMILES string of the molecule is CN(C)c1nc(N)nc(CSCCCOc2ccc(C(C)(C)C)cc2)n1. The van der Waals surface area contributed by atoms with E-state index in [-0.39, 0.29) is 11.4 Å². The molecule has 0 aliphatic carbocycles. The summed E-state index contributed by atoms with van der Waals surface area (Å²) in [6.07, 6.45) is 0.965. The molecule has 2 N–H and O–H groups in total. The molecule has 0 aliphatic rings. The first-order valence-electron chi connectivity index (χ1n) is 8.74. The van der Waals surface area contributed by atoms with Crippen molar-refractivity contribution in [3.63, 3.8) is 0 Å². The van der Waals surface area contributed by atoms with Crippen molar-refractivity contribution in [2.45, 2.75) is 38.4 Å². The highest BCUT2D eigenvalue weighted by Crippen LogP contribution is 2.24. The number of nitrogens with zero attached hydrogens (tertiary/aromatic N) is 4. The number of thioether (sulfide) groups is 1. The minimum atomic E-state index is 0.167. The van der Waals surface area contributed by atoms with Crippen LogP contribution in [0.5, 0.6) is 5.75 Å². The molecule has 0 fully saturated rings. The lowest BCUT2D eigenvalue weighted by molar-refractivity contribution is 0.318. The van der Waals surface area contributed by atoms with E-state index >= 15 is 0 Å². The van der Waals surface area contributed by atoms with E-state index in [1.54, 1.807) is 11.8 Å². The molecule has 1 aromatic heterocycles. The fourth-order valence-electron chi connectivity index (χ4n) is 2.26. The number of aromatic nitrogens is 3. The number of hydrogen-bond acceptors (Lipinski definition) is 7. The predicted octanol–water partition coefficient (Wildman–Crippen LogP) is 3.52. The largest absolute Gasteiger partial charge is 0.494 e. The van der Waals surface area contributed by atoms with E-state index in [0.29, 0.717) is 24.1 Å². The highest BCUT2D eigenvalue weighted by molar-refractivity contribution is 7.98. The molecular formula is C19H29N5OS. The van der Waals surface area contributed by atoms with Crippen LogP contribution < -0.4 is 15.4 Å². The number of nitrogen functional groups attached to an aromatic ring is 1. The van der Waals surface area contributed by atoms with Crippen LogP contribution in [0.4, 0.5) is 11.9 Å². The molecule has 0 amide bonds. The van der Waals surface area contributed by atoms with Crippen molar-refractivity contribution in [2.24, 2.45) is 0 Å². The van der Waals surface area contributed by atoms with E-state index in [1.165, 1.54) is 5.56 Å². The lowest BCUT2D eigenvalue weighted by Crippen LogP contribution is -2.16. The van der Waals surface area contributed by atoms with Crippen LogP contribution in [0.1, 0.15) is 38.6 Å². The van der Waals surface area contributed by atoms with Crippen LogP contribution in [0.3, 0.4) is 0 Å². The van der Waals surface area contributed by atoms with Gasteiger partial charge in [-0.3, -0.25) is 0 Å². The lowest BCUT2D eigenvalue weighted by Gasteiger charge is -2.19. The van der Waals surface area contributed by atoms with Crippen molar-refractivity contribution < 1.29 is 4.74 Å². The van der Waals surface area contributed by atoms with Crippen molar-refractivity contribution in [1.29, 1.82) is 0 Å². The van der Waals surface area contributed by atoms with Crippen molar-refractivity contribution in [1.82, 2.24) is 15.0 Å². The number of ether oxygens (including phenoxy) is 1. The van der Waals surface area contributed by atoms with Crippen LogP contribution in [-0.2, 0) is 11.2 Å². The summed E-state index contributed by atoms with van der Waals surface area (Å²) in [5.41, 5.74) is 7.21. The molecule has 1 aromatic carbocycles. The number of nitrogens with two attached hydrogens (primary N) is 1. The Morgan fingerprint density at radius 1 is 1.08 bits per heavy atom. The minimum Gasteiger partial charge on any atom is -0.494 e. The van der Waals surface area contributed by atoms with E-state index in [1.807, 2.05) is 31.1 Å². The quantitative estimate of drug-likeness (QED) is 0.707. The van der Waals surface area contributed by atoms with Gasteiger partial charge < -0.3 is 15.4 Å². The Bertz CT molecular complexity index is 698. The molecule has 142 valence electrons. The van der Waals surface area contributed by atoms with E-state index < -0.39 is 0 Å². The van der Waals surface area contributed by atoms with Gasteiger partial charge in [-0.1, -0.05) is 32.9 Å². The molecule has 0 aliphatic heterocycles. The van der Waals surface area contributed by atoms with Gasteiger partial charge in [-0.2, -0.15) is 26.7 Å². The van der Waals surface area contributed by atoms with Crippen LogP contribution in [0.15, 0.2) is 24.3 Å². The van der Waals surface area contributed by atoms with Crippen LogP contribution in [0.2, 0.25) is 0 Å². The number of hydrogen-bond donors (Lipinski definition) is 1. The molecule has 2 rings (SSSR count). The fourth-order valence-corrected chi connectivity index (χ4v) is 3.03. The molecule has 0 atom stereocenters. The second kappa shape index (κ2) is 9.07. The Labute approximate surface area is 160 Å². The summed E-state index contributed by atoms with van der Waals surface area (Å²) in [6.45, 7) is 7.33. The fraction of sp³-hybridized carbons (Fsp3) is 0.526. The molecule has 7 heteroatoms. The smallest absolute Gasteiger partial charge is 0.229 e. The summed E-state index contributed by atoms with van der Waals surface area (Å²) in [5, 5.41) is 0. The summed E-state index contributed by atoms with van der Waals surface area (Å²) in [4.78, 5) is 14.5. The zero-order chi connectivity index (χ0) is 19.2. The van der Waals surface area contributed by atoms with Gasteiger partial charge in [0.25, 0.3) is 0 Å². The van der Waals surface area contributed by atoms with E-state index in [9.17, 15) is 0 Å². The zero-order valence-electron chi connectivity index (χ0n) is 16.3. The first kappa shape index (κ1) is 20.3. The monoisotopic (exact) mass is 375 g/mol. The molecule has 0 unspecified atom stereocenters. The third-order valence-electron chi connectivity index (χ3n) is 3.74. The highest BCUT2D eigenvalue weighted by atomic mass is 32.2. The van der Waals surface area contributed by atoms with Gasteiger partial charge in [-0.15, -0.1) is 0 Å². The Morgan fingerprint density at radius 2 is 1.77 bits per heavy atom. The second-order valence-electron chi connectivity index (χ2n) is 7.33. The molecule has 0 bridgehead atoms. The van der Waals surface area contributed by atoms with E-state index in [4.69, 9.17) is 10.5 Å². The average Bonchev–Trinajstić information content (AvgIpc) is 2.57. The van der Waals surface area contributed by atoms with Crippen LogP contribution >= 0.6 is 11.8 Å². The Morgan fingerprint density at radius 3 is 2.38 bits per heavy atom. The Hall–Kier alpha value is -2.02. The molecule has 0 radical (unpaired) electrons. The topological polar surface area (TPSA) is 77.2 Å². The maximum absolute atomic E-state index is 5.81. The van der Waals surface area contributed by atoms with Crippen molar-refractivity contribution in [3.05, 3.63) is 35.7 Å². The van der Waals surface area contributed by atoms with Crippen molar-refractivity contribution in [3.8, 4) is 5.75 Å². The van der Waals surface area contributed by atoms with E-state index in [0.717, 1.165) is 17.9 Å². The van der Waals surface area contributed by atoms with Gasteiger partial charge in [0.05, 0.1) is 12.4 Å². The molecule has 26 heavy (non-hydrogen) atoms. The average molecular weight is 376 g/mol. The van der Waals surface area contributed by atoms with Gasteiger partial charge in [-0.25, -0.2) is 0 Å². The molecule has 0 saturated heterocycles. The number of rotatable bonds is 8. The van der Waals surface area contributed by atoms with E-state index in [2.05, 4.69) is 47.9 Å². The summed E-state index contributed by atoms with van der Waals surface area (Å²) in [7, 11) is 3.77. The molecule has 0 spiro atoms. The summed E-state index contributed by atoms with van der Waals surface area (Å²) in [6, 6.07) is 8.36. The van der Waals surface area contributed by atoms with Gasteiger partial charge in [-0.05, 0) is 35.3 Å². The lowest BCUT2D eigenvalue weighted by atomic mass is 9.87. The molecular weight excluding hydrogens is 346 g/mol. The zero-order valence-corrected chi connectivity index (χ0v) is 17.1. The maximum Gasteiger partial charge on any atom is 0.229 e. The maximum atomic E-state index is 5.81. The summed E-state index contributed by atoms with van der Waals surface area (Å²) in [5.74, 6) is 4.18. The van der Waals surface area contributed by atoms with Gasteiger partial charge in [0.2, 0.25) is 11.9 Å². The van der Waals surface area contributed by atoms with Crippen molar-refractivity contribution >= 4 is 23.7 Å². The Kier molecular flexibility index (Phi) is 7.08. The second-order valence-corrected chi connectivity index (χ2v) is 8.44. The third-order valence-corrected chi connectivity index (χ3v) is 4.78. The van der Waals surface area contributed by atoms with Crippen molar-refractivity contribution in [2.75, 3.05) is 37.1 Å². The molecule has 0 saturated carbocycles. The van der Waals surface area contributed by atoms with Gasteiger partial charge in [0.15, 0.2) is 0 Å². The van der Waals surface area contributed by atoms with Gasteiger partial charge in [0, 0.05) is 14.1 Å². The molecule has 2 aromatic rings. The number of benzene rings is 1. The first-order valence-corrected chi connectivity index (χ1v) is 9.90. The van der Waals surface area contributed by atoms with Crippen LogP contribution in [0.25, 0.3) is 0 Å². The van der Waals surface area contributed by atoms with Gasteiger partial charge in [0.1, 0.15) is 11.6 Å². The first-order chi connectivity index (χ1) is 12.3. The van der Waals surface area contributed by atoms with Gasteiger partial charge >= 0.3 is 0 Å². The third kappa shape index (κ3) is 6.37. The standard InChI is InChI=1S/C19H29N5OS/c1-19(2,3)14-7-9-15(10-8-14)25-11-6-12-26-13-16-21-17(20)23-18(22-16)24(4)5/h7-10H,6,11-13H2,1-5H3,(H2,20,21,22,23). The molecule has 6 nitrogen and oxygen atoms in total. The molecule has 1 heterocycles. The predicted molar refractivity (Wildman–Crippen MR) is 110 cm³/mol. The summed E-state index contributed by atoms with van der Waals surface area (Å²) < 4.78 is 5.81.